The van der Waals surface area contributed by atoms with Crippen molar-refractivity contribution in [3.63, 3.8) is 0 Å². The second-order valence-electron chi connectivity index (χ2n) is 6.54. The Morgan fingerprint density at radius 2 is 2.09 bits per heavy atom. The van der Waals surface area contributed by atoms with E-state index >= 15 is 0 Å². The number of hydrogen-bond acceptors (Lipinski definition) is 3. The summed E-state index contributed by atoms with van der Waals surface area (Å²) in [5, 5.41) is 3.30. The first kappa shape index (κ1) is 16.8. The largest absolute Gasteiger partial charge is 0.481 e. The van der Waals surface area contributed by atoms with Crippen molar-refractivity contribution < 1.29 is 9.53 Å². The molecule has 2 atom stereocenters. The molecule has 0 spiro atoms. The maximum atomic E-state index is 12.7. The topological polar surface area (TPSA) is 41.6 Å². The van der Waals surface area contributed by atoms with E-state index in [4.69, 9.17) is 4.74 Å². The van der Waals surface area contributed by atoms with Gasteiger partial charge in [0.1, 0.15) is 5.75 Å². The monoisotopic (exact) mass is 304 g/mol. The normalized spacial score (nSPS) is 20.1. The molecule has 0 aliphatic carbocycles. The summed E-state index contributed by atoms with van der Waals surface area (Å²) in [6, 6.07) is 6.43. The van der Waals surface area contributed by atoms with Crippen molar-refractivity contribution in [2.45, 2.75) is 52.7 Å². The molecule has 1 aliphatic rings. The van der Waals surface area contributed by atoms with E-state index in [0.29, 0.717) is 5.92 Å². The Morgan fingerprint density at radius 3 is 2.73 bits per heavy atom. The van der Waals surface area contributed by atoms with Gasteiger partial charge in [-0.1, -0.05) is 26.0 Å². The lowest BCUT2D eigenvalue weighted by molar-refractivity contribution is -0.140. The molecule has 0 radical (unpaired) electrons. The molecule has 1 heterocycles. The summed E-state index contributed by atoms with van der Waals surface area (Å²) in [5.41, 5.74) is 2.30. The average Bonchev–Trinajstić information content (AvgIpc) is 2.46. The molecule has 122 valence electrons. The van der Waals surface area contributed by atoms with E-state index in [9.17, 15) is 4.79 Å². The summed E-state index contributed by atoms with van der Waals surface area (Å²) < 4.78 is 6.04. The van der Waals surface area contributed by atoms with Crippen LogP contribution in [0.15, 0.2) is 18.2 Å². The Morgan fingerprint density at radius 1 is 1.36 bits per heavy atom. The van der Waals surface area contributed by atoms with Crippen LogP contribution in [0.4, 0.5) is 0 Å². The summed E-state index contributed by atoms with van der Waals surface area (Å²) in [6.45, 7) is 12.7. The zero-order valence-corrected chi connectivity index (χ0v) is 14.3. The Kier molecular flexibility index (Phi) is 5.46. The summed E-state index contributed by atoms with van der Waals surface area (Å²) >= 11 is 0. The van der Waals surface area contributed by atoms with Crippen LogP contribution >= 0.6 is 0 Å². The number of rotatable bonds is 4. The quantitative estimate of drug-likeness (QED) is 0.930. The van der Waals surface area contributed by atoms with Gasteiger partial charge < -0.3 is 15.0 Å². The molecule has 1 amide bonds. The molecule has 1 unspecified atom stereocenters. The van der Waals surface area contributed by atoms with Crippen LogP contribution in [-0.2, 0) is 4.79 Å². The minimum Gasteiger partial charge on any atom is -0.481 e. The molecule has 1 N–H and O–H groups in total. The van der Waals surface area contributed by atoms with Crippen LogP contribution in [-0.4, -0.2) is 42.6 Å². The van der Waals surface area contributed by atoms with Gasteiger partial charge in [0.15, 0.2) is 6.10 Å². The fraction of sp³-hybridized carbons (Fsp3) is 0.611. The van der Waals surface area contributed by atoms with Crippen molar-refractivity contribution in [1.82, 2.24) is 10.2 Å². The van der Waals surface area contributed by atoms with E-state index in [2.05, 4.69) is 38.2 Å². The van der Waals surface area contributed by atoms with Crippen LogP contribution in [0.25, 0.3) is 0 Å². The van der Waals surface area contributed by atoms with Gasteiger partial charge in [0, 0.05) is 25.7 Å². The van der Waals surface area contributed by atoms with Crippen molar-refractivity contribution in [3.05, 3.63) is 29.3 Å². The fourth-order valence-corrected chi connectivity index (χ4v) is 2.86. The molecule has 0 aromatic heterocycles. The Labute approximate surface area is 133 Å². The van der Waals surface area contributed by atoms with Crippen LogP contribution in [0.1, 0.15) is 44.7 Å². The lowest BCUT2D eigenvalue weighted by Crippen LogP contribution is -2.55. The zero-order chi connectivity index (χ0) is 16.3. The minimum absolute atomic E-state index is 0.0743. The number of ether oxygens (including phenoxy) is 1. The van der Waals surface area contributed by atoms with Crippen LogP contribution in [0.2, 0.25) is 0 Å². The number of nitrogens with zero attached hydrogens (tertiary/aromatic N) is 1. The van der Waals surface area contributed by atoms with Crippen molar-refractivity contribution in [1.29, 1.82) is 0 Å². The van der Waals surface area contributed by atoms with Crippen molar-refractivity contribution in [2.24, 2.45) is 0 Å². The lowest BCUT2D eigenvalue weighted by atomic mass is 10.0. The first-order valence-electron chi connectivity index (χ1n) is 8.18. The standard InChI is InChI=1S/C18H28N2O2/c1-12(2)16-7-6-13(3)10-17(16)22-15(5)18(21)20-9-8-19-11-14(20)4/h6-7,10,12,14-15,19H,8-9,11H2,1-5H3/t14-,15?/m1/s1. The van der Waals surface area contributed by atoms with Crippen LogP contribution in [0.5, 0.6) is 5.75 Å². The fourth-order valence-electron chi connectivity index (χ4n) is 2.86. The predicted molar refractivity (Wildman–Crippen MR) is 89.4 cm³/mol. The summed E-state index contributed by atoms with van der Waals surface area (Å²) in [6.07, 6.45) is -0.458. The van der Waals surface area contributed by atoms with Gasteiger partial charge in [0.2, 0.25) is 0 Å². The number of carbonyl (C=O) groups is 1. The predicted octanol–water partition coefficient (Wildman–Crippen LogP) is 2.71. The third kappa shape index (κ3) is 3.80. The van der Waals surface area contributed by atoms with Gasteiger partial charge in [0.05, 0.1) is 0 Å². The van der Waals surface area contributed by atoms with Gasteiger partial charge in [-0.05, 0) is 43.9 Å². The maximum Gasteiger partial charge on any atom is 0.263 e. The van der Waals surface area contributed by atoms with Gasteiger partial charge >= 0.3 is 0 Å². The molecule has 4 heteroatoms. The highest BCUT2D eigenvalue weighted by Gasteiger charge is 2.28. The Hall–Kier alpha value is -1.55. The molecule has 1 aromatic carbocycles. The molecular formula is C18H28N2O2. The van der Waals surface area contributed by atoms with E-state index in [1.54, 1.807) is 0 Å². The number of nitrogens with one attached hydrogen (secondary N) is 1. The number of aryl methyl sites for hydroxylation is 1. The van der Waals surface area contributed by atoms with Gasteiger partial charge in [-0.3, -0.25) is 4.79 Å². The SMILES string of the molecule is Cc1ccc(C(C)C)c(OC(C)C(=O)N2CCNC[C@H]2C)c1. The highest BCUT2D eigenvalue weighted by atomic mass is 16.5. The molecule has 1 aromatic rings. The first-order valence-corrected chi connectivity index (χ1v) is 8.18. The lowest BCUT2D eigenvalue weighted by Gasteiger charge is -2.35. The number of carbonyl (C=O) groups excluding carboxylic acids is 1. The van der Waals surface area contributed by atoms with Crippen LogP contribution in [0, 0.1) is 6.92 Å². The number of benzene rings is 1. The Balaban J connectivity index is 2.12. The average molecular weight is 304 g/mol. The molecule has 0 bridgehead atoms. The van der Waals surface area contributed by atoms with Gasteiger partial charge in [-0.25, -0.2) is 0 Å². The molecule has 1 fully saturated rings. The second-order valence-corrected chi connectivity index (χ2v) is 6.54. The zero-order valence-electron chi connectivity index (χ0n) is 14.3. The van der Waals surface area contributed by atoms with Crippen molar-refractivity contribution in [2.75, 3.05) is 19.6 Å². The summed E-state index contributed by atoms with van der Waals surface area (Å²) in [7, 11) is 0. The second kappa shape index (κ2) is 7.14. The molecule has 1 aliphatic heterocycles. The molecule has 22 heavy (non-hydrogen) atoms. The molecular weight excluding hydrogens is 276 g/mol. The van der Waals surface area contributed by atoms with Gasteiger partial charge in [0.25, 0.3) is 5.91 Å². The number of piperazine rings is 1. The van der Waals surface area contributed by atoms with E-state index < -0.39 is 6.10 Å². The smallest absolute Gasteiger partial charge is 0.263 e. The van der Waals surface area contributed by atoms with E-state index in [1.807, 2.05) is 24.8 Å². The van der Waals surface area contributed by atoms with Crippen molar-refractivity contribution >= 4 is 5.91 Å². The first-order chi connectivity index (χ1) is 10.4. The van der Waals surface area contributed by atoms with Crippen molar-refractivity contribution in [3.8, 4) is 5.75 Å². The van der Waals surface area contributed by atoms with E-state index in [0.717, 1.165) is 36.5 Å². The number of hydrogen-bond donors (Lipinski definition) is 1. The highest BCUT2D eigenvalue weighted by Crippen LogP contribution is 2.28. The van der Waals surface area contributed by atoms with Crippen LogP contribution in [0.3, 0.4) is 0 Å². The van der Waals surface area contributed by atoms with E-state index in [1.165, 1.54) is 0 Å². The van der Waals surface area contributed by atoms with E-state index in [-0.39, 0.29) is 11.9 Å². The third-order valence-corrected chi connectivity index (χ3v) is 4.23. The summed E-state index contributed by atoms with van der Waals surface area (Å²) in [4.78, 5) is 14.6. The molecule has 2 rings (SSSR count). The Bertz CT molecular complexity index is 528. The van der Waals surface area contributed by atoms with Gasteiger partial charge in [-0.2, -0.15) is 0 Å². The number of amides is 1. The molecule has 4 nitrogen and oxygen atoms in total. The summed E-state index contributed by atoms with van der Waals surface area (Å²) in [5.74, 6) is 1.28. The highest BCUT2D eigenvalue weighted by molar-refractivity contribution is 5.81. The third-order valence-electron chi connectivity index (χ3n) is 4.23. The van der Waals surface area contributed by atoms with Crippen LogP contribution < -0.4 is 10.1 Å². The maximum absolute atomic E-state index is 12.7. The van der Waals surface area contributed by atoms with Gasteiger partial charge in [-0.15, -0.1) is 0 Å². The minimum atomic E-state index is -0.458. The molecule has 1 saturated heterocycles. The molecule has 0 saturated carbocycles.